The molecule has 0 aromatic heterocycles. The number of unbranched alkanes of at least 4 members (excludes halogenated alkanes) is 2. The van der Waals surface area contributed by atoms with Gasteiger partial charge in [0.25, 0.3) is 0 Å². The van der Waals surface area contributed by atoms with Gasteiger partial charge in [0, 0.05) is 22.3 Å². The molecule has 0 fully saturated rings. The molecule has 39 heavy (non-hydrogen) atoms. The maximum absolute atomic E-state index is 4.70. The summed E-state index contributed by atoms with van der Waals surface area (Å²) < 4.78 is 0. The highest BCUT2D eigenvalue weighted by molar-refractivity contribution is 7.78. The Kier molecular flexibility index (Phi) is 10.1. The van der Waals surface area contributed by atoms with Gasteiger partial charge in [-0.1, -0.05) is 86.8 Å². The second kappa shape index (κ2) is 14.1. The van der Waals surface area contributed by atoms with E-state index in [4.69, 9.17) is 12.2 Å². The summed E-state index contributed by atoms with van der Waals surface area (Å²) in [6, 6.07) is 29.6. The first-order chi connectivity index (χ1) is 19.1. The quantitative estimate of drug-likeness (QED) is 0.102. The van der Waals surface area contributed by atoms with E-state index in [-0.39, 0.29) is 0 Å². The van der Waals surface area contributed by atoms with Gasteiger partial charge in [-0.2, -0.15) is 4.99 Å². The van der Waals surface area contributed by atoms with Gasteiger partial charge in [-0.3, -0.25) is 0 Å². The Labute approximate surface area is 239 Å². The fraction of sp³-hybridized carbons (Fsp3) is 0.216. The Morgan fingerprint density at radius 3 is 1.97 bits per heavy atom. The van der Waals surface area contributed by atoms with Crippen molar-refractivity contribution >= 4 is 23.1 Å². The number of isothiocyanates is 1. The predicted octanol–water partition coefficient (Wildman–Crippen LogP) is 9.49. The van der Waals surface area contributed by atoms with Crippen molar-refractivity contribution in [3.8, 4) is 34.8 Å². The third kappa shape index (κ3) is 7.89. The zero-order chi connectivity index (χ0) is 27.5. The molecule has 0 aliphatic carbocycles. The molecule has 4 aromatic rings. The molecule has 1 nitrogen and oxygen atoms in total. The van der Waals surface area contributed by atoms with Gasteiger partial charge in [-0.25, -0.2) is 0 Å². The molecule has 0 radical (unpaired) electrons. The largest absolute Gasteiger partial charge is 0.195 e. The van der Waals surface area contributed by atoms with Crippen molar-refractivity contribution in [1.82, 2.24) is 0 Å². The van der Waals surface area contributed by atoms with Crippen LogP contribution in [-0.2, 0) is 12.8 Å². The first-order valence-electron chi connectivity index (χ1n) is 13.6. The summed E-state index contributed by atoms with van der Waals surface area (Å²) in [5, 5.41) is 2.41. The monoisotopic (exact) mass is 523 g/mol. The van der Waals surface area contributed by atoms with Crippen molar-refractivity contribution in [3.05, 3.63) is 124 Å². The molecule has 0 N–H and O–H groups in total. The Bertz CT molecular complexity index is 1600. The predicted molar refractivity (Wildman–Crippen MR) is 169 cm³/mol. The Morgan fingerprint density at radius 2 is 1.31 bits per heavy atom. The molecule has 0 aliphatic heterocycles. The fourth-order valence-corrected chi connectivity index (χ4v) is 4.57. The summed E-state index contributed by atoms with van der Waals surface area (Å²) in [5.74, 6) is 13.3. The summed E-state index contributed by atoms with van der Waals surface area (Å²) in [4.78, 5) is 4.04. The molecule has 0 bridgehead atoms. The standard InChI is InChI=1S/C37H33NS/c1-4-6-7-8-29-11-16-35(17-12-29)36-18-13-30(14-19-36)9-10-31-15-20-34(32(5-2)26-31)22-21-33-23-24-37(38-27-39)25-28(33)3/h11-20,23-26H,4-8H2,1-3H3. The number of thiocarbonyl (C=S) groups is 1. The minimum absolute atomic E-state index is 0.798. The molecule has 0 spiro atoms. The van der Waals surface area contributed by atoms with Crippen molar-refractivity contribution in [2.24, 2.45) is 4.99 Å². The van der Waals surface area contributed by atoms with Crippen molar-refractivity contribution in [2.45, 2.75) is 52.9 Å². The molecular weight excluding hydrogens is 490 g/mol. The lowest BCUT2D eigenvalue weighted by atomic mass is 10.00. The minimum Gasteiger partial charge on any atom is -0.195 e. The SMILES string of the molecule is CCCCCc1ccc(-c2ccc(C#Cc3ccc(C#Cc4ccc(N=C=S)cc4C)c(CC)c3)cc2)cc1. The first kappa shape index (κ1) is 27.8. The third-order valence-electron chi connectivity index (χ3n) is 6.80. The minimum atomic E-state index is 0.798. The highest BCUT2D eigenvalue weighted by Gasteiger charge is 2.02. The van der Waals surface area contributed by atoms with Crippen LogP contribution in [0.2, 0.25) is 0 Å². The number of hydrogen-bond donors (Lipinski definition) is 0. The highest BCUT2D eigenvalue weighted by Crippen LogP contribution is 2.21. The van der Waals surface area contributed by atoms with Crippen LogP contribution in [0.25, 0.3) is 11.1 Å². The molecule has 0 unspecified atom stereocenters. The van der Waals surface area contributed by atoms with Crippen molar-refractivity contribution in [3.63, 3.8) is 0 Å². The second-order valence-corrected chi connectivity index (χ2v) is 9.84. The topological polar surface area (TPSA) is 12.4 Å². The van der Waals surface area contributed by atoms with Crippen LogP contribution >= 0.6 is 12.2 Å². The van der Waals surface area contributed by atoms with Crippen molar-refractivity contribution < 1.29 is 0 Å². The van der Waals surface area contributed by atoms with E-state index in [0.29, 0.717) is 0 Å². The van der Waals surface area contributed by atoms with Crippen LogP contribution in [0.5, 0.6) is 0 Å². The molecule has 0 heterocycles. The lowest BCUT2D eigenvalue weighted by Crippen LogP contribution is -1.90. The van der Waals surface area contributed by atoms with Gasteiger partial charge in [0.05, 0.1) is 10.8 Å². The lowest BCUT2D eigenvalue weighted by Gasteiger charge is -2.05. The zero-order valence-corrected chi connectivity index (χ0v) is 23.8. The molecule has 4 rings (SSSR count). The van der Waals surface area contributed by atoms with Gasteiger partial charge in [-0.15, -0.1) is 0 Å². The summed E-state index contributed by atoms with van der Waals surface area (Å²) >= 11 is 4.70. The number of hydrogen-bond acceptors (Lipinski definition) is 2. The van der Waals surface area contributed by atoms with E-state index in [9.17, 15) is 0 Å². The number of benzene rings is 4. The van der Waals surface area contributed by atoms with Crippen LogP contribution in [0.1, 0.15) is 72.1 Å². The maximum atomic E-state index is 4.70. The van der Waals surface area contributed by atoms with E-state index in [2.05, 4.69) is 114 Å². The van der Waals surface area contributed by atoms with Crippen LogP contribution in [0.15, 0.2) is 89.9 Å². The highest BCUT2D eigenvalue weighted by atomic mass is 32.1. The van der Waals surface area contributed by atoms with E-state index in [1.54, 1.807) is 0 Å². The van der Waals surface area contributed by atoms with E-state index in [1.165, 1.54) is 41.5 Å². The number of nitrogens with zero attached hydrogens (tertiary/aromatic N) is 1. The van der Waals surface area contributed by atoms with E-state index >= 15 is 0 Å². The van der Waals surface area contributed by atoms with Gasteiger partial charge in [0.2, 0.25) is 0 Å². The molecule has 0 saturated carbocycles. The van der Waals surface area contributed by atoms with Gasteiger partial charge < -0.3 is 0 Å². The molecule has 0 saturated heterocycles. The Balaban J connectivity index is 1.45. The molecule has 2 heteroatoms. The fourth-order valence-electron chi connectivity index (χ4n) is 4.46. The van der Waals surface area contributed by atoms with Gasteiger partial charge in [0.1, 0.15) is 0 Å². The number of rotatable bonds is 7. The zero-order valence-electron chi connectivity index (χ0n) is 23.0. The van der Waals surface area contributed by atoms with E-state index < -0.39 is 0 Å². The summed E-state index contributed by atoms with van der Waals surface area (Å²) in [6.45, 7) is 6.43. The average molecular weight is 524 g/mol. The van der Waals surface area contributed by atoms with Crippen LogP contribution in [-0.4, -0.2) is 5.16 Å². The smallest absolute Gasteiger partial charge is 0.0743 e. The normalized spacial score (nSPS) is 10.0. The third-order valence-corrected chi connectivity index (χ3v) is 6.89. The van der Waals surface area contributed by atoms with Crippen LogP contribution in [0.3, 0.4) is 0 Å². The molecule has 0 aliphatic rings. The van der Waals surface area contributed by atoms with Gasteiger partial charge in [0.15, 0.2) is 0 Å². The Hall–Kier alpha value is -4.20. The van der Waals surface area contributed by atoms with Crippen molar-refractivity contribution in [2.75, 3.05) is 0 Å². The molecular formula is C37H33NS. The van der Waals surface area contributed by atoms with Crippen molar-refractivity contribution in [1.29, 1.82) is 0 Å². The second-order valence-electron chi connectivity index (χ2n) is 9.66. The Morgan fingerprint density at radius 1 is 0.667 bits per heavy atom. The van der Waals surface area contributed by atoms with Gasteiger partial charge >= 0.3 is 0 Å². The lowest BCUT2D eigenvalue weighted by molar-refractivity contribution is 0.717. The maximum Gasteiger partial charge on any atom is 0.0743 e. The summed E-state index contributed by atoms with van der Waals surface area (Å²) in [6.07, 6.45) is 5.87. The van der Waals surface area contributed by atoms with E-state index in [0.717, 1.165) is 46.3 Å². The number of aryl methyl sites for hydroxylation is 3. The molecule has 192 valence electrons. The van der Waals surface area contributed by atoms with Gasteiger partial charge in [-0.05, 0) is 115 Å². The van der Waals surface area contributed by atoms with Crippen LogP contribution in [0, 0.1) is 30.6 Å². The summed E-state index contributed by atoms with van der Waals surface area (Å²) in [5.41, 5.74) is 11.0. The molecule has 0 atom stereocenters. The first-order valence-corrected chi connectivity index (χ1v) is 14.0. The molecule has 0 amide bonds. The van der Waals surface area contributed by atoms with Crippen LogP contribution in [0.4, 0.5) is 5.69 Å². The summed E-state index contributed by atoms with van der Waals surface area (Å²) in [7, 11) is 0. The van der Waals surface area contributed by atoms with E-state index in [1.807, 2.05) is 25.1 Å². The number of aliphatic imine (C=N–C) groups is 1. The van der Waals surface area contributed by atoms with Crippen LogP contribution < -0.4 is 0 Å². The average Bonchev–Trinajstić information content (AvgIpc) is 2.97. The molecule has 4 aromatic carbocycles.